The molecule has 1 aliphatic heterocycles. The monoisotopic (exact) mass is 220 g/mol. The van der Waals surface area contributed by atoms with Crippen LogP contribution in [-0.4, -0.2) is 17.7 Å². The fourth-order valence-electron chi connectivity index (χ4n) is 2.00. The number of rotatable bonds is 2. The highest BCUT2D eigenvalue weighted by atomic mass is 16.5. The average Bonchev–Trinajstić information content (AvgIpc) is 2.48. The van der Waals surface area contributed by atoms with Gasteiger partial charge in [-0.3, -0.25) is 4.79 Å². The second-order valence-corrected chi connectivity index (χ2v) is 4.23. The van der Waals surface area contributed by atoms with E-state index in [0.29, 0.717) is 13.0 Å². The van der Waals surface area contributed by atoms with E-state index in [1.165, 1.54) is 0 Å². The number of phenols is 1. The summed E-state index contributed by atoms with van der Waals surface area (Å²) in [6, 6.07) is 7.01. The van der Waals surface area contributed by atoms with Gasteiger partial charge in [-0.05, 0) is 43.4 Å². The second kappa shape index (κ2) is 5.01. The van der Waals surface area contributed by atoms with Crippen LogP contribution in [0.5, 0.6) is 5.75 Å². The highest BCUT2D eigenvalue weighted by Gasteiger charge is 2.22. The molecule has 1 heterocycles. The first kappa shape index (κ1) is 11.0. The third kappa shape index (κ3) is 2.75. The number of cyclic esters (lactones) is 1. The summed E-state index contributed by atoms with van der Waals surface area (Å²) in [4.78, 5) is 11.6. The molecule has 1 aromatic carbocycles. The maximum atomic E-state index is 11.6. The number of carbonyl (C=O) groups excluding carboxylic acids is 1. The topological polar surface area (TPSA) is 46.5 Å². The maximum absolute atomic E-state index is 11.6. The fourth-order valence-corrected chi connectivity index (χ4v) is 2.00. The number of hydrogen-bond acceptors (Lipinski definition) is 3. The Kier molecular flexibility index (Phi) is 3.44. The Morgan fingerprint density at radius 2 is 2.00 bits per heavy atom. The van der Waals surface area contributed by atoms with E-state index in [-0.39, 0.29) is 17.6 Å². The van der Waals surface area contributed by atoms with E-state index in [9.17, 15) is 4.79 Å². The van der Waals surface area contributed by atoms with Gasteiger partial charge in [0.15, 0.2) is 0 Å². The lowest BCUT2D eigenvalue weighted by Gasteiger charge is -2.11. The number of benzene rings is 1. The van der Waals surface area contributed by atoms with Crippen molar-refractivity contribution in [2.45, 2.75) is 25.7 Å². The van der Waals surface area contributed by atoms with Crippen LogP contribution >= 0.6 is 0 Å². The molecule has 0 radical (unpaired) electrons. The highest BCUT2D eigenvalue weighted by Crippen LogP contribution is 2.21. The van der Waals surface area contributed by atoms with Crippen molar-refractivity contribution in [2.24, 2.45) is 5.92 Å². The molecular weight excluding hydrogens is 204 g/mol. The molecule has 1 saturated heterocycles. The Morgan fingerprint density at radius 1 is 1.25 bits per heavy atom. The maximum Gasteiger partial charge on any atom is 0.309 e. The Hall–Kier alpha value is -1.51. The standard InChI is InChI=1S/C13H16O3/c14-12-6-4-10(5-7-12)9-11-3-1-2-8-16-13(11)15/h4-7,11,14H,1-3,8-9H2. The van der Waals surface area contributed by atoms with Gasteiger partial charge >= 0.3 is 5.97 Å². The van der Waals surface area contributed by atoms with Crippen LogP contribution in [0.3, 0.4) is 0 Å². The minimum absolute atomic E-state index is 0.0213. The van der Waals surface area contributed by atoms with Crippen molar-refractivity contribution >= 4 is 5.97 Å². The molecule has 2 rings (SSSR count). The highest BCUT2D eigenvalue weighted by molar-refractivity contribution is 5.73. The van der Waals surface area contributed by atoms with E-state index in [4.69, 9.17) is 9.84 Å². The molecule has 16 heavy (non-hydrogen) atoms. The Balaban J connectivity index is 2.02. The Labute approximate surface area is 95.0 Å². The molecule has 1 aromatic rings. The van der Waals surface area contributed by atoms with Crippen LogP contribution in [-0.2, 0) is 16.0 Å². The quantitative estimate of drug-likeness (QED) is 0.778. The van der Waals surface area contributed by atoms with Gasteiger partial charge < -0.3 is 9.84 Å². The molecule has 1 N–H and O–H groups in total. The Morgan fingerprint density at radius 3 is 2.75 bits per heavy atom. The SMILES string of the molecule is O=C1OCCCCC1Cc1ccc(O)cc1. The van der Waals surface area contributed by atoms with Crippen LogP contribution < -0.4 is 0 Å². The van der Waals surface area contributed by atoms with Crippen molar-refractivity contribution in [3.8, 4) is 5.75 Å². The van der Waals surface area contributed by atoms with Crippen LogP contribution in [0, 0.1) is 5.92 Å². The lowest BCUT2D eigenvalue weighted by Crippen LogP contribution is -2.17. The van der Waals surface area contributed by atoms with E-state index in [1.807, 2.05) is 12.1 Å². The van der Waals surface area contributed by atoms with Crippen molar-refractivity contribution < 1.29 is 14.6 Å². The van der Waals surface area contributed by atoms with Crippen molar-refractivity contribution in [1.82, 2.24) is 0 Å². The summed E-state index contributed by atoms with van der Waals surface area (Å²) in [5.74, 6) is 0.157. The van der Waals surface area contributed by atoms with E-state index in [0.717, 1.165) is 24.8 Å². The van der Waals surface area contributed by atoms with Crippen molar-refractivity contribution in [3.05, 3.63) is 29.8 Å². The molecule has 0 saturated carbocycles. The fraction of sp³-hybridized carbons (Fsp3) is 0.462. The molecule has 3 heteroatoms. The van der Waals surface area contributed by atoms with E-state index in [2.05, 4.69) is 0 Å². The van der Waals surface area contributed by atoms with Gasteiger partial charge in [0.25, 0.3) is 0 Å². The average molecular weight is 220 g/mol. The zero-order chi connectivity index (χ0) is 11.4. The molecule has 1 aliphatic rings. The van der Waals surface area contributed by atoms with Gasteiger partial charge in [0, 0.05) is 0 Å². The molecule has 86 valence electrons. The molecule has 0 aromatic heterocycles. The smallest absolute Gasteiger partial charge is 0.309 e. The van der Waals surface area contributed by atoms with Gasteiger partial charge in [-0.15, -0.1) is 0 Å². The number of hydrogen-bond donors (Lipinski definition) is 1. The van der Waals surface area contributed by atoms with Gasteiger partial charge in [-0.1, -0.05) is 12.1 Å². The van der Waals surface area contributed by atoms with Gasteiger partial charge in [0.05, 0.1) is 12.5 Å². The summed E-state index contributed by atoms with van der Waals surface area (Å²) in [5.41, 5.74) is 1.07. The summed E-state index contributed by atoms with van der Waals surface area (Å²) in [7, 11) is 0. The molecule has 0 amide bonds. The lowest BCUT2D eigenvalue weighted by molar-refractivity contribution is -0.147. The summed E-state index contributed by atoms with van der Waals surface area (Å²) >= 11 is 0. The predicted molar refractivity (Wildman–Crippen MR) is 60.1 cm³/mol. The van der Waals surface area contributed by atoms with Gasteiger partial charge in [-0.25, -0.2) is 0 Å². The minimum atomic E-state index is -0.0782. The molecule has 1 fully saturated rings. The van der Waals surface area contributed by atoms with Crippen LogP contribution in [0.25, 0.3) is 0 Å². The third-order valence-corrected chi connectivity index (χ3v) is 2.94. The second-order valence-electron chi connectivity index (χ2n) is 4.23. The molecule has 0 aliphatic carbocycles. The third-order valence-electron chi connectivity index (χ3n) is 2.94. The van der Waals surface area contributed by atoms with Crippen LogP contribution in [0.15, 0.2) is 24.3 Å². The largest absolute Gasteiger partial charge is 0.508 e. The molecule has 3 nitrogen and oxygen atoms in total. The predicted octanol–water partition coefficient (Wildman–Crippen LogP) is 2.28. The summed E-state index contributed by atoms with van der Waals surface area (Å²) < 4.78 is 5.12. The van der Waals surface area contributed by atoms with E-state index < -0.39 is 0 Å². The normalized spacial score (nSPS) is 21.2. The number of carbonyl (C=O) groups is 1. The zero-order valence-corrected chi connectivity index (χ0v) is 9.19. The molecule has 0 bridgehead atoms. The lowest BCUT2D eigenvalue weighted by atomic mass is 9.95. The first-order valence-electron chi connectivity index (χ1n) is 5.70. The Bertz CT molecular complexity index is 356. The van der Waals surface area contributed by atoms with Gasteiger partial charge in [-0.2, -0.15) is 0 Å². The van der Waals surface area contributed by atoms with E-state index in [1.54, 1.807) is 12.1 Å². The van der Waals surface area contributed by atoms with Crippen LogP contribution in [0.4, 0.5) is 0 Å². The minimum Gasteiger partial charge on any atom is -0.508 e. The molecule has 0 spiro atoms. The molecule has 1 unspecified atom stereocenters. The van der Waals surface area contributed by atoms with Crippen molar-refractivity contribution in [1.29, 1.82) is 0 Å². The molecular formula is C13H16O3. The van der Waals surface area contributed by atoms with E-state index >= 15 is 0 Å². The number of esters is 1. The number of ether oxygens (including phenoxy) is 1. The first-order chi connectivity index (χ1) is 7.75. The van der Waals surface area contributed by atoms with Gasteiger partial charge in [0.1, 0.15) is 5.75 Å². The number of aromatic hydroxyl groups is 1. The van der Waals surface area contributed by atoms with Crippen LogP contribution in [0.2, 0.25) is 0 Å². The number of phenolic OH excluding ortho intramolecular Hbond substituents is 1. The van der Waals surface area contributed by atoms with Gasteiger partial charge in [0.2, 0.25) is 0 Å². The molecule has 1 atom stereocenters. The summed E-state index contributed by atoms with van der Waals surface area (Å²) in [6.45, 7) is 0.560. The van der Waals surface area contributed by atoms with Crippen molar-refractivity contribution in [3.63, 3.8) is 0 Å². The first-order valence-corrected chi connectivity index (χ1v) is 5.70. The summed E-state index contributed by atoms with van der Waals surface area (Å²) in [5, 5.41) is 9.17. The summed E-state index contributed by atoms with van der Waals surface area (Å²) in [6.07, 6.45) is 3.63. The van der Waals surface area contributed by atoms with Crippen molar-refractivity contribution in [2.75, 3.05) is 6.61 Å². The van der Waals surface area contributed by atoms with Crippen LogP contribution in [0.1, 0.15) is 24.8 Å². The zero-order valence-electron chi connectivity index (χ0n) is 9.19.